The first-order valence-corrected chi connectivity index (χ1v) is 6.38. The van der Waals surface area contributed by atoms with Gasteiger partial charge in [0, 0.05) is 9.35 Å². The highest BCUT2D eigenvalue weighted by Crippen LogP contribution is 2.35. The quantitative estimate of drug-likeness (QED) is 0.864. The molecule has 0 saturated heterocycles. The van der Waals surface area contributed by atoms with Crippen molar-refractivity contribution in [2.24, 2.45) is 0 Å². The van der Waals surface area contributed by atoms with Crippen LogP contribution in [0.3, 0.4) is 0 Å². The van der Waals surface area contributed by atoms with Crippen molar-refractivity contribution < 1.29 is 13.2 Å². The van der Waals surface area contributed by atoms with Crippen LogP contribution in [0.1, 0.15) is 10.9 Å². The Bertz CT molecular complexity index is 391. The van der Waals surface area contributed by atoms with E-state index in [0.717, 1.165) is 8.26 Å². The molecule has 1 heterocycles. The van der Waals surface area contributed by atoms with E-state index in [0.29, 0.717) is 4.88 Å². The first-order valence-electron chi connectivity index (χ1n) is 3.98. The van der Waals surface area contributed by atoms with E-state index >= 15 is 0 Å². The Labute approximate surface area is 111 Å². The third-order valence-electron chi connectivity index (χ3n) is 1.58. The number of nitrogens with one attached hydrogen (secondary N) is 1. The molecule has 1 rings (SSSR count). The molecule has 8 heteroatoms. The minimum atomic E-state index is -4.32. The van der Waals surface area contributed by atoms with Crippen LogP contribution in [0.25, 0.3) is 0 Å². The molecule has 0 aliphatic heterocycles. The lowest BCUT2D eigenvalue weighted by Gasteiger charge is -2.11. The molecule has 0 amide bonds. The van der Waals surface area contributed by atoms with Gasteiger partial charge in [-0.15, -0.1) is 11.3 Å². The molecule has 0 bridgehead atoms. The lowest BCUT2D eigenvalue weighted by atomic mass is 10.2. The number of halogens is 5. The number of nitrogens with zero attached hydrogens (tertiary/aromatic N) is 1. The number of hydrogen-bond acceptors (Lipinski definition) is 3. The summed E-state index contributed by atoms with van der Waals surface area (Å²) < 4.78 is 37.4. The normalized spacial score (nSPS) is 13.5. The number of nitriles is 1. The van der Waals surface area contributed by atoms with Crippen LogP contribution < -0.4 is 5.32 Å². The Balaban J connectivity index is 2.73. The lowest BCUT2D eigenvalue weighted by Crippen LogP contribution is -2.31. The molecule has 1 aromatic rings. The van der Waals surface area contributed by atoms with E-state index in [1.807, 2.05) is 0 Å². The molecular formula is C8H5Br2F3N2S. The number of thiophene rings is 1. The Morgan fingerprint density at radius 1 is 1.50 bits per heavy atom. The molecule has 1 N–H and O–H groups in total. The first kappa shape index (κ1) is 14.0. The van der Waals surface area contributed by atoms with Crippen LogP contribution in [0, 0.1) is 11.3 Å². The van der Waals surface area contributed by atoms with Gasteiger partial charge in [-0.1, -0.05) is 0 Å². The summed E-state index contributed by atoms with van der Waals surface area (Å²) in [6.45, 7) is -1.18. The molecule has 2 nitrogen and oxygen atoms in total. The maximum Gasteiger partial charge on any atom is 0.401 e. The SMILES string of the molecule is N#CC(NCC(F)(F)F)c1cc(Br)c(Br)s1. The largest absolute Gasteiger partial charge is 0.401 e. The molecule has 0 radical (unpaired) electrons. The van der Waals surface area contributed by atoms with Crippen LogP contribution in [0.2, 0.25) is 0 Å². The average Bonchev–Trinajstić information content (AvgIpc) is 2.46. The first-order chi connectivity index (χ1) is 7.33. The van der Waals surface area contributed by atoms with Crippen molar-refractivity contribution in [3.05, 3.63) is 19.2 Å². The van der Waals surface area contributed by atoms with Crippen LogP contribution >= 0.6 is 43.2 Å². The second kappa shape index (κ2) is 5.49. The third kappa shape index (κ3) is 4.05. The number of hydrogen-bond donors (Lipinski definition) is 1. The van der Waals surface area contributed by atoms with Crippen LogP contribution in [0.5, 0.6) is 0 Å². The van der Waals surface area contributed by atoms with Gasteiger partial charge in [0.25, 0.3) is 0 Å². The summed E-state index contributed by atoms with van der Waals surface area (Å²) in [5, 5.41) is 10.9. The summed E-state index contributed by atoms with van der Waals surface area (Å²) in [6.07, 6.45) is -4.32. The fourth-order valence-electron chi connectivity index (χ4n) is 0.933. The lowest BCUT2D eigenvalue weighted by molar-refractivity contribution is -0.125. The summed E-state index contributed by atoms with van der Waals surface area (Å²) in [5.41, 5.74) is 0. The Morgan fingerprint density at radius 3 is 2.50 bits per heavy atom. The van der Waals surface area contributed by atoms with E-state index in [1.165, 1.54) is 11.3 Å². The summed E-state index contributed by atoms with van der Waals surface area (Å²) >= 11 is 7.64. The standard InChI is InChI=1S/C8H5Br2F3N2S/c9-4-1-6(16-7(4)10)5(2-14)15-3-8(11,12)13/h1,5,15H,3H2. The van der Waals surface area contributed by atoms with Crippen LogP contribution in [0.15, 0.2) is 14.3 Å². The molecule has 0 aromatic carbocycles. The monoisotopic (exact) mass is 376 g/mol. The third-order valence-corrected chi connectivity index (χ3v) is 4.91. The maximum atomic E-state index is 12.0. The van der Waals surface area contributed by atoms with E-state index in [1.54, 1.807) is 12.1 Å². The second-order valence-corrected chi connectivity index (χ2v) is 6.08. The topological polar surface area (TPSA) is 35.8 Å². The minimum Gasteiger partial charge on any atom is -0.289 e. The molecule has 1 unspecified atom stereocenters. The highest BCUT2D eigenvalue weighted by atomic mass is 79.9. The fraction of sp³-hybridized carbons (Fsp3) is 0.375. The Hall–Kier alpha value is -0.100. The average molecular weight is 378 g/mol. The fourth-order valence-corrected chi connectivity index (χ4v) is 3.04. The zero-order valence-electron chi connectivity index (χ0n) is 7.61. The molecule has 1 aromatic heterocycles. The van der Waals surface area contributed by atoms with E-state index < -0.39 is 18.8 Å². The summed E-state index contributed by atoms with van der Waals surface area (Å²) in [6, 6.07) is 2.46. The molecule has 0 spiro atoms. The van der Waals surface area contributed by atoms with Crippen LogP contribution in [-0.4, -0.2) is 12.7 Å². The highest BCUT2D eigenvalue weighted by molar-refractivity contribution is 9.13. The molecule has 0 fully saturated rings. The number of alkyl halides is 3. The molecule has 88 valence electrons. The zero-order chi connectivity index (χ0) is 12.3. The Kier molecular flexibility index (Phi) is 4.79. The van der Waals surface area contributed by atoms with Gasteiger partial charge in [-0.3, -0.25) is 5.32 Å². The van der Waals surface area contributed by atoms with Gasteiger partial charge in [-0.05, 0) is 37.9 Å². The van der Waals surface area contributed by atoms with E-state index in [-0.39, 0.29) is 0 Å². The van der Waals surface area contributed by atoms with Crippen LogP contribution in [-0.2, 0) is 0 Å². The summed E-state index contributed by atoms with van der Waals surface area (Å²) in [4.78, 5) is 0.533. The van der Waals surface area contributed by atoms with Crippen molar-refractivity contribution in [3.63, 3.8) is 0 Å². The summed E-state index contributed by atoms with van der Waals surface area (Å²) in [5.74, 6) is 0. The molecule has 1 atom stereocenters. The van der Waals surface area contributed by atoms with Crippen molar-refractivity contribution in [2.45, 2.75) is 12.2 Å². The molecule has 0 aliphatic rings. The highest BCUT2D eigenvalue weighted by Gasteiger charge is 2.29. The van der Waals surface area contributed by atoms with Crippen molar-refractivity contribution in [1.29, 1.82) is 5.26 Å². The van der Waals surface area contributed by atoms with Gasteiger partial charge in [-0.2, -0.15) is 18.4 Å². The molecular weight excluding hydrogens is 373 g/mol. The predicted molar refractivity (Wildman–Crippen MR) is 62.1 cm³/mol. The van der Waals surface area contributed by atoms with Gasteiger partial charge in [0.1, 0.15) is 6.04 Å². The van der Waals surface area contributed by atoms with Gasteiger partial charge in [0.15, 0.2) is 0 Å². The van der Waals surface area contributed by atoms with E-state index in [2.05, 4.69) is 37.2 Å². The van der Waals surface area contributed by atoms with Crippen molar-refractivity contribution >= 4 is 43.2 Å². The van der Waals surface area contributed by atoms with Gasteiger partial charge >= 0.3 is 6.18 Å². The molecule has 0 saturated carbocycles. The minimum absolute atomic E-state index is 0.533. The maximum absolute atomic E-state index is 12.0. The van der Waals surface area contributed by atoms with Gasteiger partial charge < -0.3 is 0 Å². The van der Waals surface area contributed by atoms with Crippen molar-refractivity contribution in [2.75, 3.05) is 6.54 Å². The number of rotatable bonds is 3. The molecule has 16 heavy (non-hydrogen) atoms. The Morgan fingerprint density at radius 2 is 2.12 bits per heavy atom. The van der Waals surface area contributed by atoms with Crippen LogP contribution in [0.4, 0.5) is 13.2 Å². The van der Waals surface area contributed by atoms with E-state index in [9.17, 15) is 13.2 Å². The van der Waals surface area contributed by atoms with Gasteiger partial charge in [-0.25, -0.2) is 0 Å². The summed E-state index contributed by atoms with van der Waals surface area (Å²) in [7, 11) is 0. The van der Waals surface area contributed by atoms with Crippen molar-refractivity contribution in [1.82, 2.24) is 5.32 Å². The zero-order valence-corrected chi connectivity index (χ0v) is 11.6. The van der Waals surface area contributed by atoms with Crippen molar-refractivity contribution in [3.8, 4) is 6.07 Å². The predicted octanol–water partition coefficient (Wildman–Crippen LogP) is 3.99. The molecule has 0 aliphatic carbocycles. The second-order valence-electron chi connectivity index (χ2n) is 2.83. The smallest absolute Gasteiger partial charge is 0.289 e. The van der Waals surface area contributed by atoms with Gasteiger partial charge in [0.2, 0.25) is 0 Å². The van der Waals surface area contributed by atoms with Gasteiger partial charge in [0.05, 0.1) is 16.4 Å². The van der Waals surface area contributed by atoms with E-state index in [4.69, 9.17) is 5.26 Å².